The van der Waals surface area contributed by atoms with Crippen LogP contribution in [-0.2, 0) is 0 Å². The van der Waals surface area contributed by atoms with Crippen LogP contribution in [0.5, 0.6) is 5.75 Å². The SMILES string of the molecule is COc1cccc([C@@H](CNC(=O)c2sc3ccccc3c2Cl)N2CCCC2)c1. The van der Waals surface area contributed by atoms with Crippen molar-refractivity contribution in [3.63, 3.8) is 0 Å². The number of benzene rings is 2. The van der Waals surface area contributed by atoms with Crippen molar-refractivity contribution in [2.24, 2.45) is 0 Å². The fourth-order valence-corrected chi connectivity index (χ4v) is 5.22. The molecule has 1 atom stereocenters. The van der Waals surface area contributed by atoms with Crippen molar-refractivity contribution in [2.45, 2.75) is 18.9 Å². The second-order valence-corrected chi connectivity index (χ2v) is 8.42. The topological polar surface area (TPSA) is 41.6 Å². The van der Waals surface area contributed by atoms with Gasteiger partial charge >= 0.3 is 0 Å². The number of hydrogen-bond acceptors (Lipinski definition) is 4. The smallest absolute Gasteiger partial charge is 0.262 e. The van der Waals surface area contributed by atoms with Crippen molar-refractivity contribution < 1.29 is 9.53 Å². The average Bonchev–Trinajstić information content (AvgIpc) is 3.37. The van der Waals surface area contributed by atoms with Gasteiger partial charge in [-0.15, -0.1) is 11.3 Å². The highest BCUT2D eigenvalue weighted by molar-refractivity contribution is 7.21. The molecule has 1 N–H and O–H groups in total. The Hall–Kier alpha value is -2.08. The second-order valence-electron chi connectivity index (χ2n) is 6.99. The van der Waals surface area contributed by atoms with Crippen LogP contribution in [0.2, 0.25) is 5.02 Å². The lowest BCUT2D eigenvalue weighted by atomic mass is 10.0. The Balaban J connectivity index is 1.54. The van der Waals surface area contributed by atoms with E-state index in [4.69, 9.17) is 16.3 Å². The van der Waals surface area contributed by atoms with Crippen LogP contribution in [0.3, 0.4) is 0 Å². The van der Waals surface area contributed by atoms with Gasteiger partial charge in [0.2, 0.25) is 0 Å². The Morgan fingerprint density at radius 3 is 2.75 bits per heavy atom. The summed E-state index contributed by atoms with van der Waals surface area (Å²) in [5.74, 6) is 0.721. The second kappa shape index (κ2) is 8.52. The Labute approximate surface area is 174 Å². The molecule has 4 rings (SSSR count). The zero-order chi connectivity index (χ0) is 19.5. The third-order valence-corrected chi connectivity index (χ3v) is 6.93. The van der Waals surface area contributed by atoms with E-state index in [2.05, 4.69) is 22.3 Å². The third kappa shape index (κ3) is 3.88. The molecule has 1 aliphatic heterocycles. The van der Waals surface area contributed by atoms with Crippen LogP contribution in [0.1, 0.15) is 34.1 Å². The summed E-state index contributed by atoms with van der Waals surface area (Å²) in [4.78, 5) is 15.9. The molecule has 0 bridgehead atoms. The van der Waals surface area contributed by atoms with E-state index in [1.54, 1.807) is 7.11 Å². The molecule has 6 heteroatoms. The number of likely N-dealkylation sites (tertiary alicyclic amines) is 1. The van der Waals surface area contributed by atoms with Crippen molar-refractivity contribution in [1.29, 1.82) is 0 Å². The van der Waals surface area contributed by atoms with E-state index in [1.807, 2.05) is 36.4 Å². The number of fused-ring (bicyclic) bond motifs is 1. The first-order valence-electron chi connectivity index (χ1n) is 9.50. The highest BCUT2D eigenvalue weighted by Crippen LogP contribution is 2.35. The summed E-state index contributed by atoms with van der Waals surface area (Å²) >= 11 is 7.91. The summed E-state index contributed by atoms with van der Waals surface area (Å²) in [6.07, 6.45) is 2.38. The number of nitrogens with one attached hydrogen (secondary N) is 1. The highest BCUT2D eigenvalue weighted by Gasteiger charge is 2.25. The number of ether oxygens (including phenoxy) is 1. The van der Waals surface area contributed by atoms with Gasteiger partial charge in [-0.3, -0.25) is 9.69 Å². The first-order chi connectivity index (χ1) is 13.7. The molecule has 0 unspecified atom stereocenters. The number of thiophene rings is 1. The molecule has 1 amide bonds. The van der Waals surface area contributed by atoms with Gasteiger partial charge in [-0.05, 0) is 49.7 Å². The fraction of sp³-hybridized carbons (Fsp3) is 0.318. The van der Waals surface area contributed by atoms with Gasteiger partial charge in [0.25, 0.3) is 5.91 Å². The molecular formula is C22H23ClN2O2S. The van der Waals surface area contributed by atoms with Gasteiger partial charge in [0.1, 0.15) is 10.6 Å². The zero-order valence-electron chi connectivity index (χ0n) is 15.8. The minimum Gasteiger partial charge on any atom is -0.497 e. The molecular weight excluding hydrogens is 392 g/mol. The van der Waals surface area contributed by atoms with Gasteiger partial charge < -0.3 is 10.1 Å². The molecule has 4 nitrogen and oxygen atoms in total. The molecule has 1 fully saturated rings. The molecule has 0 radical (unpaired) electrons. The Bertz CT molecular complexity index is 982. The lowest BCUT2D eigenvalue weighted by Crippen LogP contribution is -2.36. The first kappa shape index (κ1) is 19.2. The zero-order valence-corrected chi connectivity index (χ0v) is 17.4. The molecule has 28 heavy (non-hydrogen) atoms. The summed E-state index contributed by atoms with van der Waals surface area (Å²) in [7, 11) is 1.68. The normalized spacial score (nSPS) is 15.6. The summed E-state index contributed by atoms with van der Waals surface area (Å²) in [6.45, 7) is 2.62. The van der Waals surface area contributed by atoms with Gasteiger partial charge in [-0.1, -0.05) is 41.9 Å². The maximum absolute atomic E-state index is 12.9. The number of methoxy groups -OCH3 is 1. The van der Waals surface area contributed by atoms with Crippen LogP contribution in [0.25, 0.3) is 10.1 Å². The van der Waals surface area contributed by atoms with E-state index < -0.39 is 0 Å². The maximum Gasteiger partial charge on any atom is 0.262 e. The van der Waals surface area contributed by atoms with E-state index in [-0.39, 0.29) is 11.9 Å². The van der Waals surface area contributed by atoms with Crippen molar-refractivity contribution in [1.82, 2.24) is 10.2 Å². The van der Waals surface area contributed by atoms with Gasteiger partial charge in [0.05, 0.1) is 18.2 Å². The summed E-state index contributed by atoms with van der Waals surface area (Å²) < 4.78 is 6.42. The number of nitrogens with zero attached hydrogens (tertiary/aromatic N) is 1. The molecule has 0 spiro atoms. The van der Waals surface area contributed by atoms with Crippen LogP contribution in [0.15, 0.2) is 48.5 Å². The lowest BCUT2D eigenvalue weighted by molar-refractivity contribution is 0.0942. The maximum atomic E-state index is 12.9. The van der Waals surface area contributed by atoms with Gasteiger partial charge in [0, 0.05) is 16.6 Å². The van der Waals surface area contributed by atoms with Crippen LogP contribution in [0, 0.1) is 0 Å². The standard InChI is InChI=1S/C22H23ClN2O2S/c1-27-16-8-6-7-15(13-16)18(25-11-4-5-12-25)14-24-22(26)21-20(23)17-9-2-3-10-19(17)28-21/h2-3,6-10,13,18H,4-5,11-12,14H2,1H3,(H,24,26)/t18-/m1/s1. The van der Waals surface area contributed by atoms with Crippen LogP contribution in [0.4, 0.5) is 0 Å². The lowest BCUT2D eigenvalue weighted by Gasteiger charge is -2.28. The minimum atomic E-state index is -0.113. The van der Waals surface area contributed by atoms with Crippen LogP contribution < -0.4 is 10.1 Å². The van der Waals surface area contributed by atoms with Crippen molar-refractivity contribution in [3.05, 3.63) is 64.0 Å². The summed E-state index contributed by atoms with van der Waals surface area (Å²) in [6, 6.07) is 16.1. The predicted molar refractivity (Wildman–Crippen MR) is 116 cm³/mol. The number of carbonyl (C=O) groups excluding carboxylic acids is 1. The van der Waals surface area contributed by atoms with Crippen molar-refractivity contribution in [3.8, 4) is 5.75 Å². The molecule has 1 aliphatic rings. The number of carbonyl (C=O) groups is 1. The van der Waals surface area contributed by atoms with E-state index in [9.17, 15) is 4.79 Å². The third-order valence-electron chi connectivity index (χ3n) is 5.26. The number of rotatable bonds is 6. The monoisotopic (exact) mass is 414 g/mol. The van der Waals surface area contributed by atoms with Crippen molar-refractivity contribution in [2.75, 3.05) is 26.7 Å². The highest BCUT2D eigenvalue weighted by atomic mass is 35.5. The number of halogens is 1. The largest absolute Gasteiger partial charge is 0.497 e. The predicted octanol–water partition coefficient (Wildman–Crippen LogP) is 5.13. The summed E-state index contributed by atoms with van der Waals surface area (Å²) in [5.41, 5.74) is 1.16. The van der Waals surface area contributed by atoms with Crippen molar-refractivity contribution >= 4 is 38.9 Å². The Morgan fingerprint density at radius 1 is 1.21 bits per heavy atom. The first-order valence-corrected chi connectivity index (χ1v) is 10.7. The molecule has 2 aromatic carbocycles. The van der Waals surface area contributed by atoms with E-state index in [0.29, 0.717) is 16.4 Å². The molecule has 146 valence electrons. The molecule has 1 saturated heterocycles. The molecule has 0 aliphatic carbocycles. The van der Waals surface area contributed by atoms with E-state index in [0.717, 1.165) is 34.5 Å². The molecule has 2 heterocycles. The Kier molecular flexibility index (Phi) is 5.85. The van der Waals surface area contributed by atoms with E-state index in [1.165, 1.54) is 24.2 Å². The van der Waals surface area contributed by atoms with Crippen LogP contribution in [-0.4, -0.2) is 37.6 Å². The quantitative estimate of drug-likeness (QED) is 0.607. The number of amides is 1. The van der Waals surface area contributed by atoms with E-state index >= 15 is 0 Å². The molecule has 1 aromatic heterocycles. The van der Waals surface area contributed by atoms with Crippen LogP contribution >= 0.6 is 22.9 Å². The fourth-order valence-electron chi connectivity index (χ4n) is 3.79. The average molecular weight is 415 g/mol. The molecule has 0 saturated carbocycles. The molecule has 3 aromatic rings. The van der Waals surface area contributed by atoms with Gasteiger partial charge in [-0.25, -0.2) is 0 Å². The summed E-state index contributed by atoms with van der Waals surface area (Å²) in [5, 5.41) is 4.59. The van der Waals surface area contributed by atoms with Gasteiger partial charge in [0.15, 0.2) is 0 Å². The minimum absolute atomic E-state index is 0.113. The number of hydrogen-bond donors (Lipinski definition) is 1. The Morgan fingerprint density at radius 2 is 2.00 bits per heavy atom. The van der Waals surface area contributed by atoms with Gasteiger partial charge in [-0.2, -0.15) is 0 Å².